The lowest BCUT2D eigenvalue weighted by Crippen LogP contribution is -2.27. The number of rotatable bonds is 5. The van der Waals surface area contributed by atoms with Gasteiger partial charge in [0.1, 0.15) is 11.5 Å². The van der Waals surface area contributed by atoms with Gasteiger partial charge in [0.05, 0.1) is 23.6 Å². The molecule has 0 fully saturated rings. The van der Waals surface area contributed by atoms with Gasteiger partial charge in [0.15, 0.2) is 0 Å². The van der Waals surface area contributed by atoms with Gasteiger partial charge in [-0.25, -0.2) is 9.37 Å². The number of nitrogens with zero attached hydrogens (tertiary/aromatic N) is 1. The number of benzene rings is 2. The normalized spacial score (nSPS) is 11.6. The summed E-state index contributed by atoms with van der Waals surface area (Å²) >= 11 is 0. The quantitative estimate of drug-likeness (QED) is 0.724. The van der Waals surface area contributed by atoms with Crippen molar-refractivity contribution in [3.05, 3.63) is 90.0 Å². The minimum atomic E-state index is -0.346. The summed E-state index contributed by atoms with van der Waals surface area (Å²) in [5, 5.41) is 5.84. The smallest absolute Gasteiger partial charge is 0.270 e. The molecule has 0 spiro atoms. The summed E-state index contributed by atoms with van der Waals surface area (Å²) in [4.78, 5) is 16.5. The highest BCUT2D eigenvalue weighted by atomic mass is 19.1. The molecular formula is C20H18FN3O. The number of halogens is 1. The lowest BCUT2D eigenvalue weighted by molar-refractivity contribution is 0.0935. The molecule has 1 atom stereocenters. The second kappa shape index (κ2) is 7.57. The van der Waals surface area contributed by atoms with Gasteiger partial charge in [0.2, 0.25) is 0 Å². The summed E-state index contributed by atoms with van der Waals surface area (Å²) in [5.74, 6) is -0.602. The molecule has 3 aromatic rings. The molecule has 0 radical (unpaired) electrons. The number of aromatic nitrogens is 1. The highest BCUT2D eigenvalue weighted by molar-refractivity contribution is 5.92. The molecule has 25 heavy (non-hydrogen) atoms. The Morgan fingerprint density at radius 2 is 1.72 bits per heavy atom. The van der Waals surface area contributed by atoms with E-state index in [0.717, 1.165) is 5.56 Å². The molecule has 2 aromatic carbocycles. The summed E-state index contributed by atoms with van der Waals surface area (Å²) < 4.78 is 13.6. The second-order valence-corrected chi connectivity index (χ2v) is 5.64. The maximum atomic E-state index is 13.6. The van der Waals surface area contributed by atoms with Crippen LogP contribution in [0.25, 0.3) is 0 Å². The van der Waals surface area contributed by atoms with Crippen molar-refractivity contribution in [1.82, 2.24) is 10.3 Å². The molecule has 1 amide bonds. The van der Waals surface area contributed by atoms with Gasteiger partial charge in [-0.3, -0.25) is 4.79 Å². The molecule has 2 N–H and O–H groups in total. The van der Waals surface area contributed by atoms with Crippen LogP contribution >= 0.6 is 0 Å². The number of amides is 1. The van der Waals surface area contributed by atoms with E-state index in [-0.39, 0.29) is 17.8 Å². The lowest BCUT2D eigenvalue weighted by Gasteiger charge is -2.14. The first-order chi connectivity index (χ1) is 12.1. The molecule has 4 nitrogen and oxygen atoms in total. The van der Waals surface area contributed by atoms with Crippen LogP contribution in [0.3, 0.4) is 0 Å². The fraction of sp³-hybridized carbons (Fsp3) is 0.100. The van der Waals surface area contributed by atoms with Crippen molar-refractivity contribution in [2.45, 2.75) is 13.0 Å². The SMILES string of the molecule is CC(NC(=O)c1ccc(Nc2ccccc2F)cn1)c1ccccc1. The topological polar surface area (TPSA) is 54.0 Å². The molecule has 0 bridgehead atoms. The number of carbonyl (C=O) groups excluding carboxylic acids is 1. The van der Waals surface area contributed by atoms with E-state index in [0.29, 0.717) is 17.1 Å². The zero-order valence-electron chi connectivity index (χ0n) is 13.7. The molecule has 1 heterocycles. The number of hydrogen-bond donors (Lipinski definition) is 2. The van der Waals surface area contributed by atoms with E-state index in [1.807, 2.05) is 37.3 Å². The molecule has 0 saturated carbocycles. The van der Waals surface area contributed by atoms with Crippen molar-refractivity contribution in [3.8, 4) is 0 Å². The first kappa shape index (κ1) is 16.6. The number of pyridine rings is 1. The van der Waals surface area contributed by atoms with E-state index in [1.165, 1.54) is 12.3 Å². The predicted octanol–water partition coefficient (Wildman–Crippen LogP) is 4.46. The van der Waals surface area contributed by atoms with Gasteiger partial charge in [0, 0.05) is 0 Å². The van der Waals surface area contributed by atoms with Crippen LogP contribution in [0.15, 0.2) is 72.9 Å². The number of hydrogen-bond acceptors (Lipinski definition) is 3. The van der Waals surface area contributed by atoms with Crippen LogP contribution < -0.4 is 10.6 Å². The average Bonchev–Trinajstić information content (AvgIpc) is 2.65. The standard InChI is InChI=1S/C20H18FN3O/c1-14(15-7-3-2-4-8-15)23-20(25)19-12-11-16(13-22-19)24-18-10-6-5-9-17(18)21/h2-14,24H,1H3,(H,23,25). The number of carbonyl (C=O) groups is 1. The molecule has 126 valence electrons. The van der Waals surface area contributed by atoms with Gasteiger partial charge >= 0.3 is 0 Å². The zero-order valence-corrected chi connectivity index (χ0v) is 13.7. The van der Waals surface area contributed by atoms with Gasteiger partial charge in [-0.1, -0.05) is 42.5 Å². The van der Waals surface area contributed by atoms with Crippen LogP contribution in [0.1, 0.15) is 29.0 Å². The molecule has 3 rings (SSSR count). The Morgan fingerprint density at radius 3 is 2.40 bits per heavy atom. The Labute approximate surface area is 145 Å². The molecule has 0 aliphatic rings. The zero-order chi connectivity index (χ0) is 17.6. The van der Waals surface area contributed by atoms with Crippen LogP contribution in [0.5, 0.6) is 0 Å². The van der Waals surface area contributed by atoms with Gasteiger partial charge < -0.3 is 10.6 Å². The predicted molar refractivity (Wildman–Crippen MR) is 96.2 cm³/mol. The first-order valence-corrected chi connectivity index (χ1v) is 7.97. The van der Waals surface area contributed by atoms with E-state index in [9.17, 15) is 9.18 Å². The van der Waals surface area contributed by atoms with Gasteiger partial charge in [-0.05, 0) is 36.8 Å². The molecule has 0 aliphatic carbocycles. The lowest BCUT2D eigenvalue weighted by atomic mass is 10.1. The minimum absolute atomic E-state index is 0.119. The Kier molecular flexibility index (Phi) is 5.04. The highest BCUT2D eigenvalue weighted by Gasteiger charge is 2.12. The van der Waals surface area contributed by atoms with Crippen LogP contribution in [-0.2, 0) is 0 Å². The number of anilines is 2. The molecule has 0 aliphatic heterocycles. The Hall–Kier alpha value is -3.21. The van der Waals surface area contributed by atoms with E-state index < -0.39 is 0 Å². The van der Waals surface area contributed by atoms with E-state index in [2.05, 4.69) is 15.6 Å². The van der Waals surface area contributed by atoms with Gasteiger partial charge in [-0.2, -0.15) is 0 Å². The summed E-state index contributed by atoms with van der Waals surface area (Å²) in [6.45, 7) is 1.92. The summed E-state index contributed by atoms with van der Waals surface area (Å²) in [6.07, 6.45) is 1.51. The van der Waals surface area contributed by atoms with E-state index in [1.54, 1.807) is 30.3 Å². The summed E-state index contributed by atoms with van der Waals surface area (Å²) in [5.41, 5.74) is 2.30. The van der Waals surface area contributed by atoms with Crippen LogP contribution in [-0.4, -0.2) is 10.9 Å². The van der Waals surface area contributed by atoms with Crippen LogP contribution in [0.4, 0.5) is 15.8 Å². The van der Waals surface area contributed by atoms with Crippen molar-refractivity contribution in [2.24, 2.45) is 0 Å². The van der Waals surface area contributed by atoms with E-state index in [4.69, 9.17) is 0 Å². The number of nitrogens with one attached hydrogen (secondary N) is 2. The molecule has 1 unspecified atom stereocenters. The maximum Gasteiger partial charge on any atom is 0.270 e. The monoisotopic (exact) mass is 335 g/mol. The molecular weight excluding hydrogens is 317 g/mol. The maximum absolute atomic E-state index is 13.6. The van der Waals surface area contributed by atoms with Crippen molar-refractivity contribution in [2.75, 3.05) is 5.32 Å². The highest BCUT2D eigenvalue weighted by Crippen LogP contribution is 2.19. The van der Waals surface area contributed by atoms with E-state index >= 15 is 0 Å². The van der Waals surface area contributed by atoms with Crippen LogP contribution in [0, 0.1) is 5.82 Å². The van der Waals surface area contributed by atoms with Crippen molar-refractivity contribution >= 4 is 17.3 Å². The Morgan fingerprint density at radius 1 is 1.00 bits per heavy atom. The third-order valence-electron chi connectivity index (χ3n) is 3.80. The third kappa shape index (κ3) is 4.20. The van der Waals surface area contributed by atoms with Crippen LogP contribution in [0.2, 0.25) is 0 Å². The Bertz CT molecular complexity index is 850. The van der Waals surface area contributed by atoms with Crippen molar-refractivity contribution in [1.29, 1.82) is 0 Å². The fourth-order valence-electron chi connectivity index (χ4n) is 2.42. The summed E-state index contributed by atoms with van der Waals surface area (Å²) in [6, 6.07) is 19.3. The minimum Gasteiger partial charge on any atom is -0.352 e. The molecule has 1 aromatic heterocycles. The van der Waals surface area contributed by atoms with Crippen molar-refractivity contribution < 1.29 is 9.18 Å². The fourth-order valence-corrected chi connectivity index (χ4v) is 2.42. The third-order valence-corrected chi connectivity index (χ3v) is 3.80. The summed E-state index contributed by atoms with van der Waals surface area (Å²) in [7, 11) is 0. The largest absolute Gasteiger partial charge is 0.352 e. The second-order valence-electron chi connectivity index (χ2n) is 5.64. The molecule has 0 saturated heterocycles. The van der Waals surface area contributed by atoms with Crippen molar-refractivity contribution in [3.63, 3.8) is 0 Å². The Balaban J connectivity index is 1.65. The van der Waals surface area contributed by atoms with Gasteiger partial charge in [-0.15, -0.1) is 0 Å². The average molecular weight is 335 g/mol. The molecule has 5 heteroatoms. The first-order valence-electron chi connectivity index (χ1n) is 7.97. The van der Waals surface area contributed by atoms with Gasteiger partial charge in [0.25, 0.3) is 5.91 Å². The number of para-hydroxylation sites is 1.